The highest BCUT2D eigenvalue weighted by molar-refractivity contribution is 7.15. The number of aryl methyl sites for hydroxylation is 1. The number of carbonyl (C=O) groups is 2. The van der Waals surface area contributed by atoms with E-state index in [2.05, 4.69) is 4.98 Å². The van der Waals surface area contributed by atoms with Gasteiger partial charge in [-0.25, -0.2) is 4.98 Å². The molecule has 0 aliphatic rings. The molecule has 0 bridgehead atoms. The number of carboxylic acids is 1. The molecular formula is C11H11N3O4S. The van der Waals surface area contributed by atoms with Crippen LogP contribution in [0.3, 0.4) is 0 Å². The van der Waals surface area contributed by atoms with Crippen LogP contribution >= 0.6 is 11.3 Å². The summed E-state index contributed by atoms with van der Waals surface area (Å²) in [4.78, 5) is 40.2. The topological polar surface area (TPSA) is 92.0 Å². The SMILES string of the molecule is Cc1csc2ncc(C(=O)N(C)CC(=O)O)c(=O)n12. The predicted octanol–water partition coefficient (Wildman–Crippen LogP) is 0.221. The zero-order chi connectivity index (χ0) is 14.2. The van der Waals surface area contributed by atoms with Gasteiger partial charge in [0.25, 0.3) is 11.5 Å². The molecule has 0 saturated heterocycles. The first-order valence-corrected chi connectivity index (χ1v) is 6.23. The van der Waals surface area contributed by atoms with Crippen LogP contribution in [0.2, 0.25) is 0 Å². The summed E-state index contributed by atoms with van der Waals surface area (Å²) in [5.74, 6) is -1.79. The van der Waals surface area contributed by atoms with Crippen LogP contribution < -0.4 is 5.56 Å². The van der Waals surface area contributed by atoms with Crippen molar-refractivity contribution in [1.82, 2.24) is 14.3 Å². The zero-order valence-electron chi connectivity index (χ0n) is 10.3. The van der Waals surface area contributed by atoms with Crippen molar-refractivity contribution in [3.63, 3.8) is 0 Å². The highest BCUT2D eigenvalue weighted by Crippen LogP contribution is 2.11. The Labute approximate surface area is 111 Å². The van der Waals surface area contributed by atoms with Gasteiger partial charge >= 0.3 is 5.97 Å². The van der Waals surface area contributed by atoms with E-state index in [1.807, 2.05) is 0 Å². The van der Waals surface area contributed by atoms with Crippen LogP contribution in [-0.2, 0) is 4.79 Å². The number of hydrogen-bond donors (Lipinski definition) is 1. The Morgan fingerprint density at radius 3 is 2.84 bits per heavy atom. The first-order chi connectivity index (χ1) is 8.91. The number of carbonyl (C=O) groups excluding carboxylic acids is 1. The van der Waals surface area contributed by atoms with Crippen molar-refractivity contribution in [2.24, 2.45) is 0 Å². The first-order valence-electron chi connectivity index (χ1n) is 5.35. The van der Waals surface area contributed by atoms with Crippen molar-refractivity contribution in [1.29, 1.82) is 0 Å². The molecule has 2 heterocycles. The molecule has 0 fully saturated rings. The molecule has 2 rings (SSSR count). The maximum atomic E-state index is 12.2. The van der Waals surface area contributed by atoms with Crippen LogP contribution in [0.1, 0.15) is 16.1 Å². The van der Waals surface area contributed by atoms with E-state index in [0.29, 0.717) is 10.7 Å². The van der Waals surface area contributed by atoms with Crippen LogP contribution in [0.4, 0.5) is 0 Å². The number of amides is 1. The van der Waals surface area contributed by atoms with Gasteiger partial charge in [0.15, 0.2) is 4.96 Å². The van der Waals surface area contributed by atoms with Crippen molar-refractivity contribution in [2.45, 2.75) is 6.92 Å². The second kappa shape index (κ2) is 4.81. The van der Waals surface area contributed by atoms with Crippen molar-refractivity contribution in [3.05, 3.63) is 33.2 Å². The molecule has 0 aliphatic carbocycles. The molecule has 0 saturated carbocycles. The van der Waals surface area contributed by atoms with Crippen LogP contribution in [0.25, 0.3) is 4.96 Å². The number of rotatable bonds is 3. The Morgan fingerprint density at radius 2 is 2.21 bits per heavy atom. The Balaban J connectivity index is 2.48. The largest absolute Gasteiger partial charge is 0.480 e. The van der Waals surface area contributed by atoms with Crippen molar-refractivity contribution < 1.29 is 14.7 Å². The maximum Gasteiger partial charge on any atom is 0.323 e. The van der Waals surface area contributed by atoms with Gasteiger partial charge < -0.3 is 10.0 Å². The number of aliphatic carboxylic acids is 1. The van der Waals surface area contributed by atoms with Crippen LogP contribution in [-0.4, -0.2) is 44.9 Å². The third kappa shape index (κ3) is 2.34. The molecule has 0 atom stereocenters. The molecule has 2 aromatic heterocycles. The van der Waals surface area contributed by atoms with Crippen LogP contribution in [0.5, 0.6) is 0 Å². The van der Waals surface area contributed by atoms with Crippen molar-refractivity contribution >= 4 is 28.2 Å². The fraction of sp³-hybridized carbons (Fsp3) is 0.273. The number of carboxylic acid groups (broad SMARTS) is 1. The Bertz CT molecular complexity index is 718. The Kier molecular flexibility index (Phi) is 3.34. The molecule has 0 aromatic carbocycles. The monoisotopic (exact) mass is 281 g/mol. The van der Waals surface area contributed by atoms with E-state index in [-0.39, 0.29) is 5.56 Å². The van der Waals surface area contributed by atoms with Gasteiger partial charge in [-0.05, 0) is 6.92 Å². The molecule has 1 N–H and O–H groups in total. The summed E-state index contributed by atoms with van der Waals surface area (Å²) in [7, 11) is 1.32. The first kappa shape index (κ1) is 13.2. The lowest BCUT2D eigenvalue weighted by Gasteiger charge is -2.13. The molecule has 0 spiro atoms. The molecule has 1 amide bonds. The predicted molar refractivity (Wildman–Crippen MR) is 68.7 cm³/mol. The average molecular weight is 281 g/mol. The molecule has 8 heteroatoms. The fourth-order valence-corrected chi connectivity index (χ4v) is 2.48. The quantitative estimate of drug-likeness (QED) is 0.869. The summed E-state index contributed by atoms with van der Waals surface area (Å²) < 4.78 is 1.34. The molecule has 0 aliphatic heterocycles. The van der Waals surface area contributed by atoms with E-state index < -0.39 is 24.0 Å². The summed E-state index contributed by atoms with van der Waals surface area (Å²) in [6.07, 6.45) is 1.19. The van der Waals surface area contributed by atoms with Gasteiger partial charge in [-0.3, -0.25) is 18.8 Å². The Morgan fingerprint density at radius 1 is 1.53 bits per heavy atom. The number of likely N-dealkylation sites (N-methyl/N-ethyl adjacent to an activating group) is 1. The van der Waals surface area contributed by atoms with Gasteiger partial charge in [0.1, 0.15) is 12.1 Å². The lowest BCUT2D eigenvalue weighted by molar-refractivity contribution is -0.137. The van der Waals surface area contributed by atoms with Crippen LogP contribution in [0.15, 0.2) is 16.4 Å². The molecular weight excluding hydrogens is 270 g/mol. The number of hydrogen-bond acceptors (Lipinski definition) is 5. The van der Waals surface area contributed by atoms with Crippen molar-refractivity contribution in [2.75, 3.05) is 13.6 Å². The average Bonchev–Trinajstić information content (AvgIpc) is 2.70. The maximum absolute atomic E-state index is 12.2. The summed E-state index contributed by atoms with van der Waals surface area (Å²) >= 11 is 1.30. The molecule has 2 aromatic rings. The lowest BCUT2D eigenvalue weighted by atomic mass is 10.3. The number of fused-ring (bicyclic) bond motifs is 1. The fourth-order valence-electron chi connectivity index (χ4n) is 1.65. The second-order valence-electron chi connectivity index (χ2n) is 4.03. The van der Waals surface area contributed by atoms with Crippen LogP contribution in [0, 0.1) is 6.92 Å². The van der Waals surface area contributed by atoms with Gasteiger partial charge in [-0.1, -0.05) is 0 Å². The summed E-state index contributed by atoms with van der Waals surface area (Å²) in [5, 5.41) is 10.4. The Hall–Kier alpha value is -2.22. The zero-order valence-corrected chi connectivity index (χ0v) is 11.1. The van der Waals surface area contributed by atoms with E-state index in [1.165, 1.54) is 29.0 Å². The third-order valence-electron chi connectivity index (χ3n) is 2.57. The molecule has 7 nitrogen and oxygen atoms in total. The molecule has 19 heavy (non-hydrogen) atoms. The third-order valence-corrected chi connectivity index (χ3v) is 3.52. The molecule has 0 radical (unpaired) electrons. The normalized spacial score (nSPS) is 10.6. The molecule has 100 valence electrons. The van der Waals surface area contributed by atoms with Gasteiger partial charge in [-0.15, -0.1) is 11.3 Å². The van der Waals surface area contributed by atoms with Gasteiger partial charge in [0.05, 0.1) is 0 Å². The van der Waals surface area contributed by atoms with Gasteiger partial charge in [-0.2, -0.15) is 0 Å². The summed E-state index contributed by atoms with van der Waals surface area (Å²) in [6.45, 7) is 1.27. The van der Waals surface area contributed by atoms with E-state index in [4.69, 9.17) is 5.11 Å². The second-order valence-corrected chi connectivity index (χ2v) is 4.86. The highest BCUT2D eigenvalue weighted by Gasteiger charge is 2.20. The minimum Gasteiger partial charge on any atom is -0.480 e. The van der Waals surface area contributed by atoms with E-state index in [0.717, 1.165) is 4.90 Å². The smallest absolute Gasteiger partial charge is 0.323 e. The van der Waals surface area contributed by atoms with Gasteiger partial charge in [0, 0.05) is 24.3 Å². The number of thiazole rings is 1. The molecule has 0 unspecified atom stereocenters. The standard InChI is InChI=1S/C11H11N3O4S/c1-6-5-19-11-12-3-7(10(18)14(6)11)9(17)13(2)4-8(15)16/h3,5H,4H2,1-2H3,(H,15,16). The summed E-state index contributed by atoms with van der Waals surface area (Å²) in [5.41, 5.74) is 0.0711. The van der Waals surface area contributed by atoms with E-state index in [1.54, 1.807) is 12.3 Å². The summed E-state index contributed by atoms with van der Waals surface area (Å²) in [6, 6.07) is 0. The van der Waals surface area contributed by atoms with E-state index >= 15 is 0 Å². The van der Waals surface area contributed by atoms with Crippen molar-refractivity contribution in [3.8, 4) is 0 Å². The van der Waals surface area contributed by atoms with E-state index in [9.17, 15) is 14.4 Å². The highest BCUT2D eigenvalue weighted by atomic mass is 32.1. The number of aromatic nitrogens is 2. The minimum absolute atomic E-state index is 0.136. The lowest BCUT2D eigenvalue weighted by Crippen LogP contribution is -2.36. The number of nitrogens with zero attached hydrogens (tertiary/aromatic N) is 3. The van der Waals surface area contributed by atoms with Gasteiger partial charge in [0.2, 0.25) is 0 Å². The minimum atomic E-state index is -1.14.